The summed E-state index contributed by atoms with van der Waals surface area (Å²) >= 11 is 3.49. The summed E-state index contributed by atoms with van der Waals surface area (Å²) in [5.74, 6) is 0. The molecule has 0 radical (unpaired) electrons. The number of hydrogen-bond acceptors (Lipinski definition) is 2. The lowest BCUT2D eigenvalue weighted by Gasteiger charge is -2.14. The van der Waals surface area contributed by atoms with Crippen LogP contribution in [0.3, 0.4) is 0 Å². The first-order valence-electron chi connectivity index (χ1n) is 6.98. The molecule has 108 valence electrons. The molecule has 1 heterocycles. The van der Waals surface area contributed by atoms with Gasteiger partial charge in [0, 0.05) is 29.4 Å². The predicted molar refractivity (Wildman–Crippen MR) is 90.2 cm³/mol. The number of rotatable bonds is 3. The van der Waals surface area contributed by atoms with Crippen molar-refractivity contribution in [1.29, 1.82) is 0 Å². The Morgan fingerprint density at radius 3 is 2.76 bits per heavy atom. The lowest BCUT2D eigenvalue weighted by Crippen LogP contribution is -2.15. The standard InChI is InChI=1S/C17H18BrN3/c1-11-9-12(18)7-8-13(11)15(19)10-16-14-5-3-4-6-17(14)21(2)20-16/h3-9,15H,10,19H2,1-2H3. The van der Waals surface area contributed by atoms with Crippen molar-refractivity contribution in [2.45, 2.75) is 19.4 Å². The average molecular weight is 344 g/mol. The van der Waals surface area contributed by atoms with E-state index in [-0.39, 0.29) is 6.04 Å². The molecule has 4 heteroatoms. The first-order valence-corrected chi connectivity index (χ1v) is 7.78. The van der Waals surface area contributed by atoms with E-state index in [1.165, 1.54) is 16.5 Å². The number of para-hydroxylation sites is 1. The lowest BCUT2D eigenvalue weighted by atomic mass is 9.97. The molecule has 0 spiro atoms. The Hall–Kier alpha value is -1.65. The summed E-state index contributed by atoms with van der Waals surface area (Å²) < 4.78 is 3.01. The van der Waals surface area contributed by atoms with Gasteiger partial charge in [0.15, 0.2) is 0 Å². The van der Waals surface area contributed by atoms with Crippen LogP contribution in [-0.2, 0) is 13.5 Å². The molecule has 0 fully saturated rings. The van der Waals surface area contributed by atoms with E-state index in [0.29, 0.717) is 0 Å². The Morgan fingerprint density at radius 1 is 1.24 bits per heavy atom. The van der Waals surface area contributed by atoms with Gasteiger partial charge in [0.2, 0.25) is 0 Å². The van der Waals surface area contributed by atoms with E-state index in [1.54, 1.807) is 0 Å². The third-order valence-corrected chi connectivity index (χ3v) is 4.37. The van der Waals surface area contributed by atoms with Gasteiger partial charge in [0.05, 0.1) is 11.2 Å². The topological polar surface area (TPSA) is 43.8 Å². The second-order valence-corrected chi connectivity index (χ2v) is 6.31. The van der Waals surface area contributed by atoms with E-state index in [4.69, 9.17) is 5.73 Å². The van der Waals surface area contributed by atoms with Gasteiger partial charge in [-0.3, -0.25) is 4.68 Å². The van der Waals surface area contributed by atoms with Crippen molar-refractivity contribution in [3.05, 3.63) is 63.8 Å². The molecule has 1 aromatic heterocycles. The predicted octanol–water partition coefficient (Wildman–Crippen LogP) is 3.89. The zero-order valence-electron chi connectivity index (χ0n) is 12.2. The molecule has 0 aliphatic heterocycles. The molecule has 21 heavy (non-hydrogen) atoms. The van der Waals surface area contributed by atoms with E-state index in [2.05, 4.69) is 52.2 Å². The largest absolute Gasteiger partial charge is 0.324 e. The highest BCUT2D eigenvalue weighted by Gasteiger charge is 2.15. The van der Waals surface area contributed by atoms with E-state index >= 15 is 0 Å². The molecule has 2 N–H and O–H groups in total. The summed E-state index contributed by atoms with van der Waals surface area (Å²) in [6.07, 6.45) is 0.740. The minimum atomic E-state index is -0.0450. The smallest absolute Gasteiger partial charge is 0.0722 e. The first kappa shape index (κ1) is 14.3. The van der Waals surface area contributed by atoms with Gasteiger partial charge >= 0.3 is 0 Å². The molecule has 0 saturated heterocycles. The number of aryl methyl sites for hydroxylation is 2. The molecule has 0 aliphatic rings. The summed E-state index contributed by atoms with van der Waals surface area (Å²) in [5.41, 5.74) is 11.0. The first-order chi connectivity index (χ1) is 10.1. The highest BCUT2D eigenvalue weighted by molar-refractivity contribution is 9.10. The third kappa shape index (κ3) is 2.74. The van der Waals surface area contributed by atoms with Crippen LogP contribution in [0.2, 0.25) is 0 Å². The molecule has 3 rings (SSSR count). The second-order valence-electron chi connectivity index (χ2n) is 5.40. The Kier molecular flexibility index (Phi) is 3.83. The molecule has 1 unspecified atom stereocenters. The Balaban J connectivity index is 1.94. The molecular weight excluding hydrogens is 326 g/mol. The van der Waals surface area contributed by atoms with Crippen LogP contribution in [0.15, 0.2) is 46.9 Å². The summed E-state index contributed by atoms with van der Waals surface area (Å²) in [4.78, 5) is 0. The van der Waals surface area contributed by atoms with Crippen molar-refractivity contribution < 1.29 is 0 Å². The van der Waals surface area contributed by atoms with E-state index < -0.39 is 0 Å². The number of halogens is 1. The van der Waals surface area contributed by atoms with Crippen molar-refractivity contribution in [2.75, 3.05) is 0 Å². The number of nitrogens with zero attached hydrogens (tertiary/aromatic N) is 2. The molecule has 0 bridgehead atoms. The van der Waals surface area contributed by atoms with Crippen LogP contribution in [0.1, 0.15) is 22.9 Å². The Labute approximate surface area is 132 Å². The fourth-order valence-corrected chi connectivity index (χ4v) is 3.29. The van der Waals surface area contributed by atoms with Gasteiger partial charge in [-0.1, -0.05) is 40.2 Å². The maximum Gasteiger partial charge on any atom is 0.0722 e. The van der Waals surface area contributed by atoms with Crippen molar-refractivity contribution in [1.82, 2.24) is 9.78 Å². The minimum Gasteiger partial charge on any atom is -0.324 e. The van der Waals surface area contributed by atoms with Gasteiger partial charge in [-0.25, -0.2) is 0 Å². The van der Waals surface area contributed by atoms with Crippen molar-refractivity contribution in [3.63, 3.8) is 0 Å². The van der Waals surface area contributed by atoms with Gasteiger partial charge in [-0.15, -0.1) is 0 Å². The number of benzene rings is 2. The average Bonchev–Trinajstić information content (AvgIpc) is 2.76. The van der Waals surface area contributed by atoms with Gasteiger partial charge in [-0.05, 0) is 36.2 Å². The number of aromatic nitrogens is 2. The van der Waals surface area contributed by atoms with Crippen molar-refractivity contribution >= 4 is 26.8 Å². The molecule has 0 saturated carbocycles. The SMILES string of the molecule is Cc1cc(Br)ccc1C(N)Cc1nn(C)c2ccccc12. The zero-order chi connectivity index (χ0) is 15.0. The van der Waals surface area contributed by atoms with Crippen molar-refractivity contribution in [3.8, 4) is 0 Å². The zero-order valence-corrected chi connectivity index (χ0v) is 13.8. The van der Waals surface area contributed by atoms with E-state index in [9.17, 15) is 0 Å². The van der Waals surface area contributed by atoms with Crippen molar-refractivity contribution in [2.24, 2.45) is 12.8 Å². The van der Waals surface area contributed by atoms with E-state index in [1.807, 2.05) is 29.9 Å². The summed E-state index contributed by atoms with van der Waals surface area (Å²) in [7, 11) is 1.97. The second kappa shape index (κ2) is 5.62. The van der Waals surface area contributed by atoms with Crippen LogP contribution >= 0.6 is 15.9 Å². The molecule has 0 aliphatic carbocycles. The number of hydrogen-bond donors (Lipinski definition) is 1. The number of nitrogens with two attached hydrogens (primary N) is 1. The van der Waals surface area contributed by atoms with Crippen LogP contribution in [-0.4, -0.2) is 9.78 Å². The molecule has 0 amide bonds. The third-order valence-electron chi connectivity index (χ3n) is 3.88. The molecule has 2 aromatic carbocycles. The fourth-order valence-electron chi connectivity index (χ4n) is 2.81. The highest BCUT2D eigenvalue weighted by atomic mass is 79.9. The Bertz CT molecular complexity index is 792. The quantitative estimate of drug-likeness (QED) is 0.783. The normalized spacial score (nSPS) is 12.8. The summed E-state index contributed by atoms with van der Waals surface area (Å²) in [6.45, 7) is 2.09. The summed E-state index contributed by atoms with van der Waals surface area (Å²) in [6, 6.07) is 14.5. The van der Waals surface area contributed by atoms with Crippen LogP contribution in [0.5, 0.6) is 0 Å². The number of fused-ring (bicyclic) bond motifs is 1. The van der Waals surface area contributed by atoms with Gasteiger partial charge < -0.3 is 5.73 Å². The maximum absolute atomic E-state index is 6.41. The maximum atomic E-state index is 6.41. The minimum absolute atomic E-state index is 0.0450. The fraction of sp³-hybridized carbons (Fsp3) is 0.235. The van der Waals surface area contributed by atoms with Gasteiger partial charge in [0.25, 0.3) is 0 Å². The monoisotopic (exact) mass is 343 g/mol. The van der Waals surface area contributed by atoms with Gasteiger partial charge in [0.1, 0.15) is 0 Å². The molecular formula is C17H18BrN3. The lowest BCUT2D eigenvalue weighted by molar-refractivity contribution is 0.679. The molecule has 3 aromatic rings. The van der Waals surface area contributed by atoms with Gasteiger partial charge in [-0.2, -0.15) is 5.10 Å². The van der Waals surface area contributed by atoms with Crippen LogP contribution < -0.4 is 5.73 Å². The molecule has 1 atom stereocenters. The molecule has 3 nitrogen and oxygen atoms in total. The van der Waals surface area contributed by atoms with Crippen LogP contribution in [0, 0.1) is 6.92 Å². The highest BCUT2D eigenvalue weighted by Crippen LogP contribution is 2.25. The Morgan fingerprint density at radius 2 is 2.00 bits per heavy atom. The van der Waals surface area contributed by atoms with Crippen LogP contribution in [0.25, 0.3) is 10.9 Å². The summed E-state index contributed by atoms with van der Waals surface area (Å²) in [5, 5.41) is 5.82. The van der Waals surface area contributed by atoms with Crippen LogP contribution in [0.4, 0.5) is 0 Å². The van der Waals surface area contributed by atoms with E-state index in [0.717, 1.165) is 22.1 Å².